The van der Waals surface area contributed by atoms with Gasteiger partial charge in [-0.15, -0.1) is 0 Å². The average molecular weight is 413 g/mol. The van der Waals surface area contributed by atoms with Crippen molar-refractivity contribution in [2.45, 2.75) is 19.8 Å². The fourth-order valence-corrected chi connectivity index (χ4v) is 2.92. The van der Waals surface area contributed by atoms with E-state index in [1.165, 1.54) is 24.3 Å². The van der Waals surface area contributed by atoms with Gasteiger partial charge in [-0.25, -0.2) is 9.82 Å². The van der Waals surface area contributed by atoms with Crippen LogP contribution in [0.2, 0.25) is 0 Å². The van der Waals surface area contributed by atoms with Crippen molar-refractivity contribution in [1.29, 1.82) is 0 Å². The number of hydrazone groups is 1. The number of likely N-dealkylation sites (tertiary alicyclic amines) is 1. The second kappa shape index (κ2) is 10.4. The molecule has 1 aliphatic rings. The van der Waals surface area contributed by atoms with Crippen LogP contribution in [0.1, 0.15) is 25.3 Å². The number of carbonyl (C=O) groups is 2. The highest BCUT2D eigenvalue weighted by atomic mass is 19.1. The second-order valence-electron chi connectivity index (χ2n) is 6.88. The van der Waals surface area contributed by atoms with Gasteiger partial charge in [0.2, 0.25) is 0 Å². The van der Waals surface area contributed by atoms with Crippen LogP contribution in [0.25, 0.3) is 0 Å². The van der Waals surface area contributed by atoms with Crippen LogP contribution < -0.4 is 14.9 Å². The molecule has 0 unspecified atom stereocenters. The Hall–Kier alpha value is -3.42. The number of halogens is 1. The van der Waals surface area contributed by atoms with E-state index in [-0.39, 0.29) is 24.9 Å². The van der Waals surface area contributed by atoms with E-state index in [0.29, 0.717) is 17.2 Å². The highest BCUT2D eigenvalue weighted by molar-refractivity contribution is 5.99. The molecule has 0 spiro atoms. The molecule has 2 amide bonds. The first-order valence-electron chi connectivity index (χ1n) is 9.74. The first-order chi connectivity index (χ1) is 14.5. The number of nitrogens with one attached hydrogen (secondary N) is 1. The Morgan fingerprint density at radius 1 is 0.967 bits per heavy atom. The molecule has 158 valence electrons. The predicted molar refractivity (Wildman–Crippen MR) is 110 cm³/mol. The van der Waals surface area contributed by atoms with Crippen molar-refractivity contribution in [3.63, 3.8) is 0 Å². The number of carbonyl (C=O) groups excluding carboxylic acids is 2. The quantitative estimate of drug-likeness (QED) is 0.533. The summed E-state index contributed by atoms with van der Waals surface area (Å²) < 4.78 is 23.7. The molecule has 0 atom stereocenters. The zero-order valence-electron chi connectivity index (χ0n) is 16.8. The van der Waals surface area contributed by atoms with E-state index in [2.05, 4.69) is 10.5 Å². The maximum atomic E-state index is 12.8. The monoisotopic (exact) mass is 413 g/mol. The summed E-state index contributed by atoms with van der Waals surface area (Å²) in [5.74, 6) is 0.183. The molecule has 1 heterocycles. The van der Waals surface area contributed by atoms with E-state index in [4.69, 9.17) is 9.47 Å². The fourth-order valence-electron chi connectivity index (χ4n) is 2.92. The molecule has 0 saturated carbocycles. The van der Waals surface area contributed by atoms with Crippen LogP contribution in [-0.2, 0) is 9.59 Å². The highest BCUT2D eigenvalue weighted by Gasteiger charge is 2.18. The van der Waals surface area contributed by atoms with Gasteiger partial charge in [-0.3, -0.25) is 9.59 Å². The molecule has 1 N–H and O–H groups in total. The van der Waals surface area contributed by atoms with Crippen molar-refractivity contribution in [1.82, 2.24) is 10.3 Å². The Kier molecular flexibility index (Phi) is 7.37. The Bertz CT molecular complexity index is 892. The maximum Gasteiger partial charge on any atom is 0.277 e. The van der Waals surface area contributed by atoms with Gasteiger partial charge in [0.15, 0.2) is 13.2 Å². The van der Waals surface area contributed by atoms with Crippen molar-refractivity contribution < 1.29 is 23.5 Å². The highest BCUT2D eigenvalue weighted by Crippen LogP contribution is 2.14. The third kappa shape index (κ3) is 6.30. The van der Waals surface area contributed by atoms with Gasteiger partial charge in [-0.2, -0.15) is 5.10 Å². The molecule has 1 saturated heterocycles. The number of hydrogen-bond acceptors (Lipinski definition) is 5. The Morgan fingerprint density at radius 2 is 1.53 bits per heavy atom. The van der Waals surface area contributed by atoms with Crippen LogP contribution in [0.3, 0.4) is 0 Å². The number of benzene rings is 2. The zero-order chi connectivity index (χ0) is 21.3. The molecule has 0 aliphatic carbocycles. The Balaban J connectivity index is 1.44. The van der Waals surface area contributed by atoms with E-state index >= 15 is 0 Å². The predicted octanol–water partition coefficient (Wildman–Crippen LogP) is 2.75. The summed E-state index contributed by atoms with van der Waals surface area (Å²) in [5, 5.41) is 4.05. The van der Waals surface area contributed by atoms with Crippen molar-refractivity contribution in [2.75, 3.05) is 26.3 Å². The molecule has 0 aromatic heterocycles. The maximum absolute atomic E-state index is 12.8. The third-order valence-corrected chi connectivity index (χ3v) is 4.63. The van der Waals surface area contributed by atoms with Crippen LogP contribution in [0.15, 0.2) is 53.6 Å². The van der Waals surface area contributed by atoms with Gasteiger partial charge >= 0.3 is 0 Å². The van der Waals surface area contributed by atoms with Crippen LogP contribution in [0.4, 0.5) is 4.39 Å². The zero-order valence-corrected chi connectivity index (χ0v) is 16.8. The van der Waals surface area contributed by atoms with E-state index < -0.39 is 5.91 Å². The smallest absolute Gasteiger partial charge is 0.277 e. The fraction of sp³-hybridized carbons (Fsp3) is 0.318. The Morgan fingerprint density at radius 3 is 2.17 bits per heavy atom. The van der Waals surface area contributed by atoms with Gasteiger partial charge in [-0.05, 0) is 73.9 Å². The molecule has 2 aromatic carbocycles. The average Bonchev–Trinajstić information content (AvgIpc) is 3.31. The molecular formula is C22H24FN3O4. The standard InChI is InChI=1S/C22H24FN3O4/c1-16(24-25-21(27)14-29-20-10-6-18(23)7-11-20)17-4-8-19(9-5-17)30-15-22(28)26-12-2-3-13-26/h4-11H,2-3,12-15H2,1H3,(H,25,27)/b24-16-. The first kappa shape index (κ1) is 21.3. The summed E-state index contributed by atoms with van der Waals surface area (Å²) in [5.41, 5.74) is 3.82. The lowest BCUT2D eigenvalue weighted by atomic mass is 10.1. The number of amides is 2. The number of rotatable bonds is 8. The minimum atomic E-state index is -0.431. The minimum Gasteiger partial charge on any atom is -0.484 e. The van der Waals surface area contributed by atoms with Gasteiger partial charge in [0, 0.05) is 13.1 Å². The molecule has 7 nitrogen and oxygen atoms in total. The van der Waals surface area contributed by atoms with E-state index in [1.54, 1.807) is 31.2 Å². The molecular weight excluding hydrogens is 389 g/mol. The third-order valence-electron chi connectivity index (χ3n) is 4.63. The Labute approximate surface area is 174 Å². The number of nitrogens with zero attached hydrogens (tertiary/aromatic N) is 2. The van der Waals surface area contributed by atoms with E-state index in [9.17, 15) is 14.0 Å². The molecule has 8 heteroatoms. The lowest BCUT2D eigenvalue weighted by molar-refractivity contribution is -0.132. The van der Waals surface area contributed by atoms with Crippen LogP contribution in [-0.4, -0.2) is 48.7 Å². The van der Waals surface area contributed by atoms with Crippen LogP contribution in [0.5, 0.6) is 11.5 Å². The van der Waals surface area contributed by atoms with Crippen molar-refractivity contribution >= 4 is 17.5 Å². The lowest BCUT2D eigenvalue weighted by Gasteiger charge is -2.15. The largest absolute Gasteiger partial charge is 0.484 e. The van der Waals surface area contributed by atoms with Gasteiger partial charge in [0.05, 0.1) is 5.71 Å². The SMILES string of the molecule is C/C(=N/NC(=O)COc1ccc(F)cc1)c1ccc(OCC(=O)N2CCCC2)cc1. The molecule has 30 heavy (non-hydrogen) atoms. The summed E-state index contributed by atoms with van der Waals surface area (Å²) in [4.78, 5) is 25.7. The summed E-state index contributed by atoms with van der Waals surface area (Å²) in [6, 6.07) is 12.5. The molecule has 3 rings (SSSR count). The van der Waals surface area contributed by atoms with Crippen molar-refractivity contribution in [2.24, 2.45) is 5.10 Å². The van der Waals surface area contributed by atoms with E-state index in [0.717, 1.165) is 31.5 Å². The number of ether oxygens (including phenoxy) is 2. The van der Waals surface area contributed by atoms with Crippen LogP contribution >= 0.6 is 0 Å². The van der Waals surface area contributed by atoms with Gasteiger partial charge < -0.3 is 14.4 Å². The first-order valence-corrected chi connectivity index (χ1v) is 9.74. The lowest BCUT2D eigenvalue weighted by Crippen LogP contribution is -2.32. The molecule has 0 bridgehead atoms. The topological polar surface area (TPSA) is 80.2 Å². The normalized spacial score (nSPS) is 13.8. The van der Waals surface area contributed by atoms with Crippen LogP contribution in [0, 0.1) is 5.82 Å². The minimum absolute atomic E-state index is 0.000104. The summed E-state index contributed by atoms with van der Waals surface area (Å²) in [6.45, 7) is 3.15. The van der Waals surface area contributed by atoms with Gasteiger partial charge in [0.1, 0.15) is 17.3 Å². The second-order valence-corrected chi connectivity index (χ2v) is 6.88. The summed E-state index contributed by atoms with van der Waals surface area (Å²) >= 11 is 0. The van der Waals surface area contributed by atoms with Crippen molar-refractivity contribution in [3.05, 3.63) is 59.9 Å². The molecule has 0 radical (unpaired) electrons. The summed E-state index contributed by atoms with van der Waals surface area (Å²) in [7, 11) is 0. The number of hydrogen-bond donors (Lipinski definition) is 1. The van der Waals surface area contributed by atoms with Gasteiger partial charge in [-0.1, -0.05) is 0 Å². The molecule has 2 aromatic rings. The van der Waals surface area contributed by atoms with Crippen molar-refractivity contribution in [3.8, 4) is 11.5 Å². The van der Waals surface area contributed by atoms with Gasteiger partial charge in [0.25, 0.3) is 11.8 Å². The van der Waals surface area contributed by atoms with E-state index in [1.807, 2.05) is 4.90 Å². The molecule has 1 aliphatic heterocycles. The molecule has 1 fully saturated rings. The summed E-state index contributed by atoms with van der Waals surface area (Å²) in [6.07, 6.45) is 2.10.